The number of benzene rings is 3. The molecule has 1 N–H and O–H groups in total. The third-order valence-electron chi connectivity index (χ3n) is 5.83. The van der Waals surface area contributed by atoms with Crippen LogP contribution in [0.15, 0.2) is 65.6 Å². The molecule has 0 bridgehead atoms. The summed E-state index contributed by atoms with van der Waals surface area (Å²) in [7, 11) is 0. The van der Waals surface area contributed by atoms with Crippen molar-refractivity contribution in [2.24, 2.45) is 0 Å². The predicted octanol–water partition coefficient (Wildman–Crippen LogP) is 6.31. The van der Waals surface area contributed by atoms with E-state index in [2.05, 4.69) is 5.32 Å². The highest BCUT2D eigenvalue weighted by molar-refractivity contribution is 8.18. The first-order valence-corrected chi connectivity index (χ1v) is 14.0. The van der Waals surface area contributed by atoms with E-state index in [0.717, 1.165) is 4.90 Å². The Bertz CT molecular complexity index is 1560. The maximum atomic E-state index is 14.0. The maximum absolute atomic E-state index is 14.0. The maximum Gasteiger partial charge on any atom is 0.339 e. The fraction of sp³-hybridized carbons (Fsp3) is 0.200. The highest BCUT2D eigenvalue weighted by Crippen LogP contribution is 2.35. The number of nitrogens with one attached hydrogen (secondary N) is 1. The van der Waals surface area contributed by atoms with Crippen LogP contribution in [0.1, 0.15) is 35.3 Å². The van der Waals surface area contributed by atoms with E-state index in [9.17, 15) is 23.6 Å². The second-order valence-electron chi connectivity index (χ2n) is 8.75. The van der Waals surface area contributed by atoms with Crippen molar-refractivity contribution in [2.45, 2.75) is 20.5 Å². The van der Waals surface area contributed by atoms with Crippen molar-refractivity contribution >= 4 is 58.1 Å². The van der Waals surface area contributed by atoms with Gasteiger partial charge in [0, 0.05) is 11.3 Å². The number of imide groups is 1. The molecule has 9 nitrogen and oxygen atoms in total. The van der Waals surface area contributed by atoms with Crippen LogP contribution in [0.4, 0.5) is 14.9 Å². The summed E-state index contributed by atoms with van der Waals surface area (Å²) in [6.45, 7) is 3.39. The van der Waals surface area contributed by atoms with Crippen LogP contribution in [0.25, 0.3) is 6.08 Å². The lowest BCUT2D eigenvalue weighted by Crippen LogP contribution is -2.36. The number of amides is 3. The lowest BCUT2D eigenvalue weighted by Gasteiger charge is -2.14. The van der Waals surface area contributed by atoms with Gasteiger partial charge in [-0.25, -0.2) is 9.18 Å². The van der Waals surface area contributed by atoms with Gasteiger partial charge in [0.1, 0.15) is 19.0 Å². The van der Waals surface area contributed by atoms with E-state index in [1.807, 2.05) is 0 Å². The standard InChI is InChI=1S/C30H26ClFN2O7S/c1-3-39-25-13-18(9-12-24(25)41-17-19-7-5-6-8-23(19)32)14-26-28(36)34(30(38)42-26)16-27(35)33-20-10-11-22(31)21(15-20)29(37)40-4-2/h5-15H,3-4,16-17H2,1-2H3,(H,33,35)/b26-14+. The fourth-order valence-electron chi connectivity index (χ4n) is 3.87. The van der Waals surface area contributed by atoms with Crippen molar-refractivity contribution in [3.8, 4) is 11.5 Å². The minimum absolute atomic E-state index is 0.00674. The van der Waals surface area contributed by atoms with Gasteiger partial charge in [-0.15, -0.1) is 0 Å². The van der Waals surface area contributed by atoms with E-state index >= 15 is 0 Å². The highest BCUT2D eigenvalue weighted by atomic mass is 35.5. The van der Waals surface area contributed by atoms with E-state index in [4.69, 9.17) is 25.8 Å². The van der Waals surface area contributed by atoms with Crippen LogP contribution in [-0.4, -0.2) is 47.7 Å². The molecule has 0 aliphatic carbocycles. The van der Waals surface area contributed by atoms with Gasteiger partial charge in [0.25, 0.3) is 11.1 Å². The molecular weight excluding hydrogens is 587 g/mol. The fourth-order valence-corrected chi connectivity index (χ4v) is 4.91. The van der Waals surface area contributed by atoms with E-state index < -0.39 is 29.6 Å². The number of ether oxygens (including phenoxy) is 3. The molecule has 1 heterocycles. The average Bonchev–Trinajstić information content (AvgIpc) is 3.21. The molecule has 4 rings (SSSR count). The normalized spacial score (nSPS) is 13.8. The summed E-state index contributed by atoms with van der Waals surface area (Å²) in [6, 6.07) is 15.5. The minimum Gasteiger partial charge on any atom is -0.490 e. The summed E-state index contributed by atoms with van der Waals surface area (Å²) >= 11 is 6.75. The lowest BCUT2D eigenvalue weighted by molar-refractivity contribution is -0.127. The minimum atomic E-state index is -0.648. The highest BCUT2D eigenvalue weighted by Gasteiger charge is 2.36. The molecular formula is C30H26ClFN2O7S. The molecule has 1 fully saturated rings. The SMILES string of the molecule is CCOC(=O)c1cc(NC(=O)CN2C(=O)S/C(=C/c3ccc(OCc4ccccc4F)c(OCC)c3)C2=O)ccc1Cl. The summed E-state index contributed by atoms with van der Waals surface area (Å²) in [6.07, 6.45) is 1.51. The number of halogens is 2. The molecule has 0 spiro atoms. The smallest absolute Gasteiger partial charge is 0.339 e. The van der Waals surface area contributed by atoms with Gasteiger partial charge in [0.15, 0.2) is 11.5 Å². The summed E-state index contributed by atoms with van der Waals surface area (Å²) in [4.78, 5) is 51.3. The van der Waals surface area contributed by atoms with Crippen LogP contribution in [-0.2, 0) is 20.9 Å². The molecule has 0 saturated carbocycles. The molecule has 3 aromatic carbocycles. The molecule has 3 aromatic rings. The van der Waals surface area contributed by atoms with Crippen molar-refractivity contribution in [3.05, 3.63) is 93.1 Å². The van der Waals surface area contributed by atoms with Gasteiger partial charge in [0.2, 0.25) is 5.91 Å². The molecule has 218 valence electrons. The lowest BCUT2D eigenvalue weighted by atomic mass is 10.1. The number of rotatable bonds is 11. The van der Waals surface area contributed by atoms with Crippen LogP contribution >= 0.6 is 23.4 Å². The molecule has 0 atom stereocenters. The Morgan fingerprint density at radius 1 is 1.00 bits per heavy atom. The summed E-state index contributed by atoms with van der Waals surface area (Å²) in [5.41, 5.74) is 1.26. The van der Waals surface area contributed by atoms with Gasteiger partial charge >= 0.3 is 5.97 Å². The van der Waals surface area contributed by atoms with Crippen molar-refractivity contribution in [1.29, 1.82) is 0 Å². The Morgan fingerprint density at radius 2 is 1.79 bits per heavy atom. The zero-order valence-electron chi connectivity index (χ0n) is 22.6. The van der Waals surface area contributed by atoms with Gasteiger partial charge in [-0.1, -0.05) is 35.9 Å². The van der Waals surface area contributed by atoms with Gasteiger partial charge in [0.05, 0.1) is 28.7 Å². The zero-order valence-corrected chi connectivity index (χ0v) is 24.2. The number of thioether (sulfide) groups is 1. The zero-order chi connectivity index (χ0) is 30.2. The number of carbonyl (C=O) groups excluding carboxylic acids is 4. The Labute approximate surface area is 250 Å². The van der Waals surface area contributed by atoms with E-state index in [1.54, 1.807) is 50.2 Å². The summed E-state index contributed by atoms with van der Waals surface area (Å²) in [5, 5.41) is 2.10. The first-order valence-electron chi connectivity index (χ1n) is 12.8. The Balaban J connectivity index is 1.44. The molecule has 12 heteroatoms. The van der Waals surface area contributed by atoms with Crippen LogP contribution in [0.2, 0.25) is 5.02 Å². The first kappa shape index (κ1) is 30.6. The van der Waals surface area contributed by atoms with E-state index in [0.29, 0.717) is 41.0 Å². The molecule has 1 saturated heterocycles. The summed E-state index contributed by atoms with van der Waals surface area (Å²) < 4.78 is 30.4. The Morgan fingerprint density at radius 3 is 2.52 bits per heavy atom. The average molecular weight is 613 g/mol. The number of anilines is 1. The molecule has 0 aromatic heterocycles. The van der Waals surface area contributed by atoms with Crippen molar-refractivity contribution in [3.63, 3.8) is 0 Å². The van der Waals surface area contributed by atoms with E-state index in [1.165, 1.54) is 30.3 Å². The second-order valence-corrected chi connectivity index (χ2v) is 10.2. The van der Waals surface area contributed by atoms with Crippen LogP contribution in [0.5, 0.6) is 11.5 Å². The quantitative estimate of drug-likeness (QED) is 0.198. The Kier molecular flexibility index (Phi) is 10.2. The monoisotopic (exact) mass is 612 g/mol. The van der Waals surface area contributed by atoms with Crippen LogP contribution < -0.4 is 14.8 Å². The number of esters is 1. The number of hydrogen-bond donors (Lipinski definition) is 1. The molecule has 1 aliphatic heterocycles. The van der Waals surface area contributed by atoms with Crippen molar-refractivity contribution in [2.75, 3.05) is 25.1 Å². The molecule has 0 radical (unpaired) electrons. The predicted molar refractivity (Wildman–Crippen MR) is 157 cm³/mol. The third kappa shape index (κ3) is 7.48. The number of nitrogens with zero attached hydrogens (tertiary/aromatic N) is 1. The molecule has 0 unspecified atom stereocenters. The van der Waals surface area contributed by atoms with Gasteiger partial charge < -0.3 is 19.5 Å². The van der Waals surface area contributed by atoms with Gasteiger partial charge in [-0.3, -0.25) is 19.3 Å². The Hall–Kier alpha value is -4.35. The van der Waals surface area contributed by atoms with Crippen molar-refractivity contribution in [1.82, 2.24) is 4.90 Å². The molecule has 42 heavy (non-hydrogen) atoms. The number of carbonyl (C=O) groups is 4. The topological polar surface area (TPSA) is 111 Å². The van der Waals surface area contributed by atoms with E-state index in [-0.39, 0.29) is 40.2 Å². The van der Waals surface area contributed by atoms with Gasteiger partial charge in [-0.05, 0) is 73.6 Å². The summed E-state index contributed by atoms with van der Waals surface area (Å²) in [5.74, 6) is -1.55. The molecule has 3 amide bonds. The van der Waals surface area contributed by atoms with Gasteiger partial charge in [-0.2, -0.15) is 0 Å². The van der Waals surface area contributed by atoms with Crippen LogP contribution in [0.3, 0.4) is 0 Å². The van der Waals surface area contributed by atoms with Crippen molar-refractivity contribution < 1.29 is 37.8 Å². The largest absolute Gasteiger partial charge is 0.490 e. The third-order valence-corrected chi connectivity index (χ3v) is 7.06. The molecule has 1 aliphatic rings. The number of hydrogen-bond acceptors (Lipinski definition) is 8. The first-order chi connectivity index (χ1) is 20.2. The van der Waals surface area contributed by atoms with Crippen LogP contribution in [0, 0.1) is 5.82 Å². The second kappa shape index (κ2) is 14.0.